The van der Waals surface area contributed by atoms with Crippen LogP contribution in [0.5, 0.6) is 5.75 Å². The van der Waals surface area contributed by atoms with Gasteiger partial charge >= 0.3 is 6.36 Å². The van der Waals surface area contributed by atoms with Crippen molar-refractivity contribution in [3.63, 3.8) is 0 Å². The zero-order valence-electron chi connectivity index (χ0n) is 11.6. The molecule has 0 saturated heterocycles. The average Bonchev–Trinajstić information content (AvgIpc) is 2.39. The van der Waals surface area contributed by atoms with Crippen LogP contribution < -0.4 is 10.1 Å². The third kappa shape index (κ3) is 6.14. The van der Waals surface area contributed by atoms with Crippen molar-refractivity contribution in [1.82, 2.24) is 5.32 Å². The van der Waals surface area contributed by atoms with E-state index in [1.165, 1.54) is 25.0 Å². The first-order chi connectivity index (χ1) is 9.92. The van der Waals surface area contributed by atoms with E-state index in [4.69, 9.17) is 11.6 Å². The predicted molar refractivity (Wildman–Crippen MR) is 76.4 cm³/mol. The van der Waals surface area contributed by atoms with E-state index >= 15 is 0 Å². The van der Waals surface area contributed by atoms with E-state index in [0.717, 1.165) is 24.9 Å². The molecule has 2 rings (SSSR count). The van der Waals surface area contributed by atoms with Crippen LogP contribution in [0.1, 0.15) is 31.2 Å². The normalized spacial score (nSPS) is 23.0. The molecule has 21 heavy (non-hydrogen) atoms. The summed E-state index contributed by atoms with van der Waals surface area (Å²) in [5.41, 5.74) is 0.933. The molecule has 0 aliphatic heterocycles. The lowest BCUT2D eigenvalue weighted by atomic mass is 9.89. The summed E-state index contributed by atoms with van der Waals surface area (Å²) in [6.45, 7) is 1.53. The molecule has 0 heterocycles. The van der Waals surface area contributed by atoms with Crippen LogP contribution in [-0.4, -0.2) is 18.3 Å². The summed E-state index contributed by atoms with van der Waals surface area (Å²) < 4.78 is 39.9. The van der Waals surface area contributed by atoms with Crippen molar-refractivity contribution in [2.75, 3.05) is 6.54 Å². The van der Waals surface area contributed by atoms with Crippen LogP contribution in [0.3, 0.4) is 0 Å². The highest BCUT2D eigenvalue weighted by molar-refractivity contribution is 6.20. The van der Waals surface area contributed by atoms with Gasteiger partial charge in [0.2, 0.25) is 0 Å². The number of ether oxygens (including phenoxy) is 1. The molecule has 1 aliphatic carbocycles. The standard InChI is InChI=1S/C15H19ClF3NO/c16-13-3-1-2-12(8-13)10-20-9-11-4-6-14(7-5-11)21-15(17,18)19/h4-7,12-13,20H,1-3,8-10H2. The van der Waals surface area contributed by atoms with Crippen LogP contribution in [0.25, 0.3) is 0 Å². The van der Waals surface area contributed by atoms with Crippen LogP contribution in [0.15, 0.2) is 24.3 Å². The van der Waals surface area contributed by atoms with Gasteiger partial charge in [-0.25, -0.2) is 0 Å². The summed E-state index contributed by atoms with van der Waals surface area (Å²) in [4.78, 5) is 0. The summed E-state index contributed by atoms with van der Waals surface area (Å²) in [7, 11) is 0. The first kappa shape index (κ1) is 16.4. The van der Waals surface area contributed by atoms with E-state index in [2.05, 4.69) is 10.1 Å². The highest BCUT2D eigenvalue weighted by Crippen LogP contribution is 2.27. The molecule has 2 nitrogen and oxygen atoms in total. The van der Waals surface area contributed by atoms with Gasteiger partial charge in [0, 0.05) is 11.9 Å². The zero-order chi connectivity index (χ0) is 15.3. The van der Waals surface area contributed by atoms with Crippen LogP contribution in [0.2, 0.25) is 0 Å². The molecular formula is C15H19ClF3NO. The topological polar surface area (TPSA) is 21.3 Å². The highest BCUT2D eigenvalue weighted by Gasteiger charge is 2.30. The summed E-state index contributed by atoms with van der Waals surface area (Å²) in [5, 5.41) is 3.62. The lowest BCUT2D eigenvalue weighted by Crippen LogP contribution is -2.27. The Balaban J connectivity index is 1.73. The van der Waals surface area contributed by atoms with Gasteiger partial charge in [0.1, 0.15) is 5.75 Å². The Kier molecular flexibility index (Phi) is 5.76. The van der Waals surface area contributed by atoms with Crippen LogP contribution >= 0.6 is 11.6 Å². The Morgan fingerprint density at radius 3 is 2.52 bits per heavy atom. The van der Waals surface area contributed by atoms with Gasteiger partial charge in [-0.2, -0.15) is 0 Å². The Hall–Kier alpha value is -0.940. The third-order valence-corrected chi connectivity index (χ3v) is 4.03. The van der Waals surface area contributed by atoms with E-state index in [0.29, 0.717) is 12.5 Å². The maximum absolute atomic E-state index is 12.0. The molecule has 118 valence electrons. The molecule has 2 unspecified atom stereocenters. The zero-order valence-corrected chi connectivity index (χ0v) is 12.4. The number of rotatable bonds is 5. The van der Waals surface area contributed by atoms with E-state index in [1.54, 1.807) is 12.1 Å². The fraction of sp³-hybridized carbons (Fsp3) is 0.600. The average molecular weight is 322 g/mol. The van der Waals surface area contributed by atoms with Gasteiger partial charge in [0.05, 0.1) is 0 Å². The predicted octanol–water partition coefficient (Wildman–Crippen LogP) is 4.47. The fourth-order valence-electron chi connectivity index (χ4n) is 2.64. The summed E-state index contributed by atoms with van der Waals surface area (Å²) in [6.07, 6.45) is -0.150. The SMILES string of the molecule is FC(F)(F)Oc1ccc(CNCC2CCCC(Cl)C2)cc1. The van der Waals surface area contributed by atoms with Crippen LogP contribution in [-0.2, 0) is 6.54 Å². The van der Waals surface area contributed by atoms with Crippen molar-refractivity contribution in [3.05, 3.63) is 29.8 Å². The molecule has 1 aromatic rings. The molecule has 0 aromatic heterocycles. The Morgan fingerprint density at radius 1 is 1.19 bits per heavy atom. The number of benzene rings is 1. The lowest BCUT2D eigenvalue weighted by Gasteiger charge is -2.25. The third-order valence-electron chi connectivity index (χ3n) is 3.64. The minimum Gasteiger partial charge on any atom is -0.406 e. The van der Waals surface area contributed by atoms with Crippen molar-refractivity contribution >= 4 is 11.6 Å². The molecule has 1 fully saturated rings. The number of nitrogens with one attached hydrogen (secondary N) is 1. The molecule has 2 atom stereocenters. The minimum atomic E-state index is -4.64. The van der Waals surface area contributed by atoms with Crippen molar-refractivity contribution in [2.45, 2.75) is 44.0 Å². The van der Waals surface area contributed by atoms with Crippen molar-refractivity contribution < 1.29 is 17.9 Å². The largest absolute Gasteiger partial charge is 0.573 e. The van der Waals surface area contributed by atoms with Gasteiger partial charge in [-0.15, -0.1) is 24.8 Å². The molecule has 0 spiro atoms. The van der Waals surface area contributed by atoms with Gasteiger partial charge in [-0.3, -0.25) is 0 Å². The van der Waals surface area contributed by atoms with E-state index in [9.17, 15) is 13.2 Å². The summed E-state index contributed by atoms with van der Waals surface area (Å²) >= 11 is 6.14. The fourth-order valence-corrected chi connectivity index (χ4v) is 3.05. The molecule has 6 heteroatoms. The van der Waals surface area contributed by atoms with Gasteiger partial charge in [0.15, 0.2) is 0 Å². The number of halogens is 4. The Labute approximate surface area is 127 Å². The number of hydrogen-bond donors (Lipinski definition) is 1. The lowest BCUT2D eigenvalue weighted by molar-refractivity contribution is -0.274. The summed E-state index contributed by atoms with van der Waals surface area (Å²) in [6, 6.07) is 5.94. The maximum atomic E-state index is 12.0. The number of alkyl halides is 4. The van der Waals surface area contributed by atoms with E-state index < -0.39 is 6.36 Å². The molecule has 0 radical (unpaired) electrons. The van der Waals surface area contributed by atoms with Gasteiger partial charge in [-0.1, -0.05) is 18.6 Å². The Bertz CT molecular complexity index is 436. The van der Waals surface area contributed by atoms with Gasteiger partial charge in [0.25, 0.3) is 0 Å². The van der Waals surface area contributed by atoms with E-state index in [1.807, 2.05) is 0 Å². The molecule has 1 saturated carbocycles. The molecule has 0 amide bonds. The Morgan fingerprint density at radius 2 is 1.90 bits per heavy atom. The maximum Gasteiger partial charge on any atom is 0.573 e. The summed E-state index contributed by atoms with van der Waals surface area (Å²) in [5.74, 6) is 0.401. The van der Waals surface area contributed by atoms with Crippen LogP contribution in [0.4, 0.5) is 13.2 Å². The molecular weight excluding hydrogens is 303 g/mol. The quantitative estimate of drug-likeness (QED) is 0.808. The first-order valence-corrected chi connectivity index (χ1v) is 7.55. The highest BCUT2D eigenvalue weighted by atomic mass is 35.5. The van der Waals surface area contributed by atoms with Crippen molar-refractivity contribution in [2.24, 2.45) is 5.92 Å². The smallest absolute Gasteiger partial charge is 0.406 e. The molecule has 1 N–H and O–H groups in total. The second-order valence-corrected chi connectivity index (χ2v) is 6.07. The van der Waals surface area contributed by atoms with Gasteiger partial charge < -0.3 is 10.1 Å². The first-order valence-electron chi connectivity index (χ1n) is 7.12. The second kappa shape index (κ2) is 7.36. The van der Waals surface area contributed by atoms with Crippen molar-refractivity contribution in [1.29, 1.82) is 0 Å². The van der Waals surface area contributed by atoms with Crippen molar-refractivity contribution in [3.8, 4) is 5.75 Å². The van der Waals surface area contributed by atoms with E-state index in [-0.39, 0.29) is 11.1 Å². The van der Waals surface area contributed by atoms with Gasteiger partial charge in [-0.05, 0) is 49.4 Å². The molecule has 1 aliphatic rings. The minimum absolute atomic E-state index is 0.191. The number of hydrogen-bond acceptors (Lipinski definition) is 2. The van der Waals surface area contributed by atoms with Crippen LogP contribution in [0, 0.1) is 5.92 Å². The monoisotopic (exact) mass is 321 g/mol. The molecule has 0 bridgehead atoms. The molecule has 1 aromatic carbocycles. The second-order valence-electron chi connectivity index (χ2n) is 5.45.